The zero-order valence-electron chi connectivity index (χ0n) is 41.6. The lowest BCUT2D eigenvalue weighted by Crippen LogP contribution is -2.30. The Morgan fingerprint density at radius 1 is 0.317 bits per heavy atom. The quantitative estimate of drug-likeness (QED) is 0.0262. The van der Waals surface area contributed by atoms with E-state index in [2.05, 4.69) is 81.5 Å². The molecule has 0 amide bonds. The number of carbonyl (C=O) groups excluding carboxylic acids is 3. The van der Waals surface area contributed by atoms with Gasteiger partial charge in [-0.15, -0.1) is 0 Å². The molecule has 0 aliphatic heterocycles. The van der Waals surface area contributed by atoms with Crippen LogP contribution in [0.1, 0.15) is 265 Å². The van der Waals surface area contributed by atoms with Crippen LogP contribution in [0.3, 0.4) is 0 Å². The van der Waals surface area contributed by atoms with Gasteiger partial charge in [-0.1, -0.05) is 197 Å². The van der Waals surface area contributed by atoms with Crippen LogP contribution in [0, 0.1) is 0 Å². The van der Waals surface area contributed by atoms with Crippen molar-refractivity contribution in [1.29, 1.82) is 0 Å². The van der Waals surface area contributed by atoms with Crippen LogP contribution in [0.5, 0.6) is 0 Å². The molecule has 0 aliphatic rings. The van der Waals surface area contributed by atoms with Crippen LogP contribution in [-0.2, 0) is 28.6 Å². The van der Waals surface area contributed by atoms with Crippen molar-refractivity contribution < 1.29 is 28.6 Å². The molecule has 6 nitrogen and oxygen atoms in total. The van der Waals surface area contributed by atoms with Crippen molar-refractivity contribution in [3.8, 4) is 0 Å². The predicted molar refractivity (Wildman–Crippen MR) is 270 cm³/mol. The molecule has 0 aromatic carbocycles. The molecule has 0 unspecified atom stereocenters. The smallest absolute Gasteiger partial charge is 0.306 e. The number of hydrogen-bond acceptors (Lipinski definition) is 6. The summed E-state index contributed by atoms with van der Waals surface area (Å²) in [7, 11) is 0. The average molecular weight is 881 g/mol. The monoisotopic (exact) mass is 881 g/mol. The molecule has 0 N–H and O–H groups in total. The normalized spacial score (nSPS) is 12.5. The zero-order chi connectivity index (χ0) is 45.8. The minimum atomic E-state index is -0.788. The number of carbonyl (C=O) groups is 3. The fraction of sp³-hybridized carbons (Fsp3) is 0.772. The van der Waals surface area contributed by atoms with Crippen molar-refractivity contribution in [2.24, 2.45) is 0 Å². The highest BCUT2D eigenvalue weighted by Gasteiger charge is 2.19. The number of rotatable bonds is 48. The summed E-state index contributed by atoms with van der Waals surface area (Å²) in [5.74, 6) is -0.917. The molecule has 0 fully saturated rings. The Labute approximate surface area is 390 Å². The predicted octanol–water partition coefficient (Wildman–Crippen LogP) is 17.6. The van der Waals surface area contributed by atoms with E-state index in [-0.39, 0.29) is 31.1 Å². The summed E-state index contributed by atoms with van der Waals surface area (Å²) in [4.78, 5) is 38.0. The average Bonchev–Trinajstić information content (AvgIpc) is 3.28. The minimum Gasteiger partial charge on any atom is -0.462 e. The number of hydrogen-bond donors (Lipinski definition) is 0. The van der Waals surface area contributed by atoms with Crippen molar-refractivity contribution in [2.75, 3.05) is 13.2 Å². The summed E-state index contributed by atoms with van der Waals surface area (Å²) in [6.45, 7) is 6.56. The molecule has 0 saturated carbocycles. The summed E-state index contributed by atoms with van der Waals surface area (Å²) in [6.07, 6.45) is 63.4. The molecule has 0 saturated heterocycles. The lowest BCUT2D eigenvalue weighted by atomic mass is 10.1. The fourth-order valence-electron chi connectivity index (χ4n) is 7.38. The Morgan fingerprint density at radius 2 is 0.571 bits per heavy atom. The van der Waals surface area contributed by atoms with Crippen LogP contribution in [0.2, 0.25) is 0 Å². The molecule has 63 heavy (non-hydrogen) atoms. The summed E-state index contributed by atoms with van der Waals surface area (Å²) in [6, 6.07) is 0. The summed E-state index contributed by atoms with van der Waals surface area (Å²) >= 11 is 0. The molecular formula is C57H100O6. The van der Waals surface area contributed by atoms with Crippen molar-refractivity contribution in [3.63, 3.8) is 0 Å². The molecule has 0 heterocycles. The van der Waals surface area contributed by atoms with Crippen LogP contribution in [0.4, 0.5) is 0 Å². The SMILES string of the molecule is CCCCC/C=C/C/C=C/C/C=C/CCCCCCC(=O)OC[C@@H](COC(=O)CCCCCCC/C=C/CCCCCC)OC(=O)CCCCCCCCC/C=C/CCCCCC. The van der Waals surface area contributed by atoms with Gasteiger partial charge in [-0.25, -0.2) is 0 Å². The van der Waals surface area contributed by atoms with Gasteiger partial charge in [0.2, 0.25) is 0 Å². The van der Waals surface area contributed by atoms with E-state index < -0.39 is 6.10 Å². The van der Waals surface area contributed by atoms with Crippen LogP contribution in [-0.4, -0.2) is 37.2 Å². The summed E-state index contributed by atoms with van der Waals surface area (Å²) < 4.78 is 16.8. The van der Waals surface area contributed by atoms with Gasteiger partial charge in [-0.3, -0.25) is 14.4 Å². The van der Waals surface area contributed by atoms with Crippen molar-refractivity contribution in [1.82, 2.24) is 0 Å². The molecule has 0 aromatic rings. The molecule has 0 spiro atoms. The third-order valence-corrected chi connectivity index (χ3v) is 11.5. The van der Waals surface area contributed by atoms with Crippen LogP contribution >= 0.6 is 0 Å². The van der Waals surface area contributed by atoms with E-state index >= 15 is 0 Å². The molecule has 6 heteroatoms. The number of unbranched alkanes of at least 4 members (excludes halogenated alkanes) is 27. The first-order valence-electron chi connectivity index (χ1n) is 26.8. The van der Waals surface area contributed by atoms with Gasteiger partial charge in [0, 0.05) is 19.3 Å². The van der Waals surface area contributed by atoms with Crippen molar-refractivity contribution in [2.45, 2.75) is 271 Å². The van der Waals surface area contributed by atoms with Crippen molar-refractivity contribution in [3.05, 3.63) is 60.8 Å². The molecule has 364 valence electrons. The van der Waals surface area contributed by atoms with E-state index in [1.807, 2.05) is 0 Å². The van der Waals surface area contributed by atoms with Crippen LogP contribution in [0.25, 0.3) is 0 Å². The van der Waals surface area contributed by atoms with Gasteiger partial charge in [0.05, 0.1) is 0 Å². The van der Waals surface area contributed by atoms with E-state index in [1.54, 1.807) is 0 Å². The molecule has 0 bridgehead atoms. The van der Waals surface area contributed by atoms with Gasteiger partial charge < -0.3 is 14.2 Å². The minimum absolute atomic E-state index is 0.0871. The van der Waals surface area contributed by atoms with E-state index in [4.69, 9.17) is 14.2 Å². The van der Waals surface area contributed by atoms with E-state index in [0.717, 1.165) is 89.9 Å². The molecule has 0 radical (unpaired) electrons. The second-order valence-electron chi connectivity index (χ2n) is 17.8. The number of esters is 3. The van der Waals surface area contributed by atoms with Gasteiger partial charge in [0.25, 0.3) is 0 Å². The standard InChI is InChI=1S/C57H100O6/c1-4-7-10-13-16-19-22-25-27-28-30-32-35-38-41-44-47-50-56(59)62-53-54(52-61-55(58)49-46-43-40-37-34-31-24-21-18-15-12-9-6-3)63-57(60)51-48-45-42-39-36-33-29-26-23-20-17-14-11-8-5-2/h16,19-21,23-25,27,30,32,54H,4-15,17-18,22,26,28-29,31,33-53H2,1-3H3/b19-16+,23-20+,24-21+,27-25+,32-30+/t54-/m1/s1. The van der Waals surface area contributed by atoms with Gasteiger partial charge in [-0.05, 0) is 109 Å². The van der Waals surface area contributed by atoms with Gasteiger partial charge >= 0.3 is 17.9 Å². The Kier molecular flexibility index (Phi) is 49.4. The number of allylic oxidation sites excluding steroid dienone is 10. The first-order valence-corrected chi connectivity index (χ1v) is 26.8. The second kappa shape index (κ2) is 51.7. The van der Waals surface area contributed by atoms with Gasteiger partial charge in [0.15, 0.2) is 6.10 Å². The Hall–Kier alpha value is -2.89. The van der Waals surface area contributed by atoms with Gasteiger partial charge in [0.1, 0.15) is 13.2 Å². The zero-order valence-corrected chi connectivity index (χ0v) is 41.6. The van der Waals surface area contributed by atoms with Gasteiger partial charge in [-0.2, -0.15) is 0 Å². The maximum Gasteiger partial charge on any atom is 0.306 e. The molecule has 0 aromatic heterocycles. The number of ether oxygens (including phenoxy) is 3. The lowest BCUT2D eigenvalue weighted by molar-refractivity contribution is -0.167. The topological polar surface area (TPSA) is 78.9 Å². The highest BCUT2D eigenvalue weighted by Crippen LogP contribution is 2.14. The maximum atomic E-state index is 12.8. The van der Waals surface area contributed by atoms with Crippen LogP contribution in [0.15, 0.2) is 60.8 Å². The highest BCUT2D eigenvalue weighted by molar-refractivity contribution is 5.71. The van der Waals surface area contributed by atoms with Crippen LogP contribution < -0.4 is 0 Å². The molecule has 1 atom stereocenters. The fourth-order valence-corrected chi connectivity index (χ4v) is 7.38. The molecular weight excluding hydrogens is 781 g/mol. The summed E-state index contributed by atoms with van der Waals surface area (Å²) in [5.41, 5.74) is 0. The highest BCUT2D eigenvalue weighted by atomic mass is 16.6. The van der Waals surface area contributed by atoms with E-state index in [0.29, 0.717) is 19.3 Å². The Balaban J connectivity index is 4.43. The first kappa shape index (κ1) is 60.1. The summed E-state index contributed by atoms with van der Waals surface area (Å²) in [5, 5.41) is 0. The maximum absolute atomic E-state index is 12.8. The largest absolute Gasteiger partial charge is 0.462 e. The van der Waals surface area contributed by atoms with E-state index in [9.17, 15) is 14.4 Å². The Bertz CT molecular complexity index is 1150. The molecule has 0 aliphatic carbocycles. The van der Waals surface area contributed by atoms with E-state index in [1.165, 1.54) is 135 Å². The van der Waals surface area contributed by atoms with Crippen molar-refractivity contribution >= 4 is 17.9 Å². The first-order chi connectivity index (χ1) is 31.0. The lowest BCUT2D eigenvalue weighted by Gasteiger charge is -2.18. The third kappa shape index (κ3) is 50.0. The third-order valence-electron chi connectivity index (χ3n) is 11.5. The Morgan fingerprint density at radius 3 is 0.937 bits per heavy atom. The second-order valence-corrected chi connectivity index (χ2v) is 17.8. The molecule has 0 rings (SSSR count).